The SMILES string of the molecule is CC1CC[NH+]([O-])[C@H](C)C1C(=O)N1CCC(C)(N)CC1. The minimum atomic E-state index is -0.142. The lowest BCUT2D eigenvalue weighted by atomic mass is 9.80. The van der Waals surface area contributed by atoms with Gasteiger partial charge in [0.1, 0.15) is 0 Å². The summed E-state index contributed by atoms with van der Waals surface area (Å²) >= 11 is 0. The fourth-order valence-corrected chi connectivity index (χ4v) is 3.38. The Morgan fingerprint density at radius 3 is 2.53 bits per heavy atom. The summed E-state index contributed by atoms with van der Waals surface area (Å²) in [5, 5.41) is 12.1. The van der Waals surface area contributed by atoms with Crippen LogP contribution in [0.3, 0.4) is 0 Å². The minimum Gasteiger partial charge on any atom is -0.634 e. The van der Waals surface area contributed by atoms with Gasteiger partial charge < -0.3 is 20.9 Å². The number of likely N-dealkylation sites (tertiary alicyclic amines) is 1. The lowest BCUT2D eigenvalue weighted by molar-refractivity contribution is -0.884. The molecule has 2 aliphatic rings. The molecule has 2 aliphatic heterocycles. The summed E-state index contributed by atoms with van der Waals surface area (Å²) in [5.41, 5.74) is 5.96. The summed E-state index contributed by atoms with van der Waals surface area (Å²) in [6.45, 7) is 8.16. The number of hydrogen-bond donors (Lipinski definition) is 2. The molecular formula is C14H27N3O2. The molecule has 3 N–H and O–H groups in total. The van der Waals surface area contributed by atoms with Gasteiger partial charge in [-0.3, -0.25) is 4.79 Å². The summed E-state index contributed by atoms with van der Waals surface area (Å²) in [4.78, 5) is 14.6. The van der Waals surface area contributed by atoms with Gasteiger partial charge in [-0.1, -0.05) is 6.92 Å². The first-order valence-corrected chi connectivity index (χ1v) is 7.42. The average Bonchev–Trinajstić information content (AvgIpc) is 2.34. The molecule has 0 aromatic heterocycles. The summed E-state index contributed by atoms with van der Waals surface area (Å²) in [7, 11) is 0. The maximum atomic E-state index is 12.7. The van der Waals surface area contributed by atoms with Crippen LogP contribution in [-0.4, -0.2) is 42.0 Å². The van der Waals surface area contributed by atoms with Crippen LogP contribution in [0.15, 0.2) is 0 Å². The van der Waals surface area contributed by atoms with Crippen molar-refractivity contribution >= 4 is 5.91 Å². The largest absolute Gasteiger partial charge is 0.634 e. The van der Waals surface area contributed by atoms with E-state index < -0.39 is 0 Å². The van der Waals surface area contributed by atoms with E-state index in [9.17, 15) is 10.0 Å². The van der Waals surface area contributed by atoms with Crippen LogP contribution >= 0.6 is 0 Å². The number of carbonyl (C=O) groups excluding carboxylic acids is 1. The summed E-state index contributed by atoms with van der Waals surface area (Å²) in [6.07, 6.45) is 2.55. The summed E-state index contributed by atoms with van der Waals surface area (Å²) in [6, 6.07) is -0.123. The topological polar surface area (TPSA) is 73.8 Å². The standard InChI is InChI=1S/C14H27N3O2/c1-10-4-7-17(19)11(2)12(10)13(18)16-8-5-14(3,15)6-9-16/h10-12,17H,4-9,15H2,1-3H3/t10?,11-,12?/m1/s1. The molecule has 2 rings (SSSR count). The van der Waals surface area contributed by atoms with Gasteiger partial charge in [-0.05, 0) is 32.6 Å². The van der Waals surface area contributed by atoms with E-state index in [1.807, 2.05) is 18.7 Å². The highest BCUT2D eigenvalue weighted by molar-refractivity contribution is 5.80. The Hall–Kier alpha value is -0.650. The molecule has 5 nitrogen and oxygen atoms in total. The fraction of sp³-hybridized carbons (Fsp3) is 0.929. The Morgan fingerprint density at radius 1 is 1.37 bits per heavy atom. The molecular weight excluding hydrogens is 242 g/mol. The van der Waals surface area contributed by atoms with E-state index in [1.165, 1.54) is 0 Å². The molecule has 19 heavy (non-hydrogen) atoms. The molecule has 5 heteroatoms. The van der Waals surface area contributed by atoms with Crippen molar-refractivity contribution in [3.63, 3.8) is 0 Å². The number of rotatable bonds is 1. The Kier molecular flexibility index (Phi) is 4.18. The number of nitrogens with one attached hydrogen (secondary N) is 1. The van der Waals surface area contributed by atoms with Crippen molar-refractivity contribution in [2.75, 3.05) is 19.6 Å². The van der Waals surface area contributed by atoms with E-state index in [2.05, 4.69) is 6.92 Å². The molecule has 4 atom stereocenters. The molecule has 2 heterocycles. The van der Waals surface area contributed by atoms with Crippen molar-refractivity contribution in [3.8, 4) is 0 Å². The van der Waals surface area contributed by atoms with Crippen LogP contribution in [0.1, 0.15) is 40.0 Å². The van der Waals surface area contributed by atoms with Crippen molar-refractivity contribution in [1.82, 2.24) is 4.90 Å². The van der Waals surface area contributed by atoms with Crippen molar-refractivity contribution in [2.24, 2.45) is 17.6 Å². The summed E-state index contributed by atoms with van der Waals surface area (Å²) in [5.74, 6) is 0.360. The molecule has 0 saturated carbocycles. The molecule has 0 aromatic rings. The van der Waals surface area contributed by atoms with Gasteiger partial charge in [0.15, 0.2) is 0 Å². The maximum Gasteiger partial charge on any atom is 0.231 e. The third kappa shape index (κ3) is 3.09. The first-order valence-electron chi connectivity index (χ1n) is 7.42. The van der Waals surface area contributed by atoms with Gasteiger partial charge in [0.05, 0.1) is 18.5 Å². The molecule has 3 unspecified atom stereocenters. The van der Waals surface area contributed by atoms with Gasteiger partial charge in [-0.15, -0.1) is 0 Å². The third-order valence-electron chi connectivity index (χ3n) is 5.01. The number of hydrogen-bond acceptors (Lipinski definition) is 3. The van der Waals surface area contributed by atoms with Crippen molar-refractivity contribution in [1.29, 1.82) is 0 Å². The van der Waals surface area contributed by atoms with E-state index in [1.54, 1.807) is 0 Å². The van der Waals surface area contributed by atoms with Gasteiger partial charge in [-0.2, -0.15) is 0 Å². The highest BCUT2D eigenvalue weighted by atomic mass is 16.5. The van der Waals surface area contributed by atoms with Gasteiger partial charge >= 0.3 is 0 Å². The number of quaternary nitrogens is 1. The predicted molar refractivity (Wildman–Crippen MR) is 74.3 cm³/mol. The molecule has 0 bridgehead atoms. The van der Waals surface area contributed by atoms with E-state index in [0.717, 1.165) is 32.4 Å². The molecule has 0 aliphatic carbocycles. The van der Waals surface area contributed by atoms with Crippen molar-refractivity contribution in [3.05, 3.63) is 5.21 Å². The van der Waals surface area contributed by atoms with Crippen LogP contribution in [0.4, 0.5) is 0 Å². The number of amides is 1. The Labute approximate surface area is 115 Å². The van der Waals surface area contributed by atoms with Gasteiger partial charge in [0.2, 0.25) is 5.91 Å². The summed E-state index contributed by atoms with van der Waals surface area (Å²) < 4.78 is 0. The molecule has 1 amide bonds. The van der Waals surface area contributed by atoms with E-state index in [0.29, 0.717) is 12.5 Å². The second kappa shape index (κ2) is 5.38. The van der Waals surface area contributed by atoms with Gasteiger partial charge in [-0.25, -0.2) is 0 Å². The average molecular weight is 269 g/mol. The van der Waals surface area contributed by atoms with Crippen LogP contribution in [0.2, 0.25) is 0 Å². The number of hydroxylamine groups is 2. The Bertz CT molecular complexity index is 336. The smallest absolute Gasteiger partial charge is 0.231 e. The quantitative estimate of drug-likeness (QED) is 0.645. The number of nitrogens with zero attached hydrogens (tertiary/aromatic N) is 1. The zero-order valence-electron chi connectivity index (χ0n) is 12.3. The molecule has 2 fully saturated rings. The second-order valence-electron chi connectivity index (χ2n) is 6.78. The number of carbonyl (C=O) groups is 1. The fourth-order valence-electron chi connectivity index (χ4n) is 3.38. The predicted octanol–water partition coefficient (Wildman–Crippen LogP) is -0.247. The van der Waals surface area contributed by atoms with Crippen LogP contribution < -0.4 is 10.8 Å². The molecule has 0 radical (unpaired) electrons. The second-order valence-corrected chi connectivity index (χ2v) is 6.78. The number of nitrogens with two attached hydrogens (primary N) is 1. The highest BCUT2D eigenvalue weighted by Crippen LogP contribution is 2.26. The van der Waals surface area contributed by atoms with Crippen LogP contribution in [0.5, 0.6) is 0 Å². The molecule has 0 spiro atoms. The zero-order chi connectivity index (χ0) is 14.2. The van der Waals surface area contributed by atoms with Gasteiger partial charge in [0.25, 0.3) is 0 Å². The lowest BCUT2D eigenvalue weighted by Crippen LogP contribution is -3.13. The normalized spacial score (nSPS) is 39.1. The zero-order valence-corrected chi connectivity index (χ0v) is 12.3. The third-order valence-corrected chi connectivity index (χ3v) is 5.01. The van der Waals surface area contributed by atoms with Gasteiger partial charge in [0, 0.05) is 25.0 Å². The lowest BCUT2D eigenvalue weighted by Gasteiger charge is -2.45. The van der Waals surface area contributed by atoms with Crippen molar-refractivity contribution < 1.29 is 9.86 Å². The highest BCUT2D eigenvalue weighted by Gasteiger charge is 2.41. The van der Waals surface area contributed by atoms with Crippen LogP contribution in [0, 0.1) is 17.0 Å². The monoisotopic (exact) mass is 269 g/mol. The molecule has 0 aromatic carbocycles. The van der Waals surface area contributed by atoms with Crippen LogP contribution in [-0.2, 0) is 4.79 Å². The first-order chi connectivity index (χ1) is 8.82. The van der Waals surface area contributed by atoms with E-state index in [4.69, 9.17) is 5.73 Å². The first kappa shape index (κ1) is 14.8. The Morgan fingerprint density at radius 2 is 1.95 bits per heavy atom. The number of piperidine rings is 2. The van der Waals surface area contributed by atoms with E-state index >= 15 is 0 Å². The molecule has 2 saturated heterocycles. The molecule has 110 valence electrons. The Balaban J connectivity index is 2.02. The van der Waals surface area contributed by atoms with Crippen LogP contribution in [0.25, 0.3) is 0 Å². The van der Waals surface area contributed by atoms with Crippen molar-refractivity contribution in [2.45, 2.75) is 51.6 Å². The van der Waals surface area contributed by atoms with E-state index in [-0.39, 0.29) is 28.5 Å². The maximum absolute atomic E-state index is 12.7. The minimum absolute atomic E-state index is 0.122.